The summed E-state index contributed by atoms with van der Waals surface area (Å²) in [5, 5.41) is 11.9. The van der Waals surface area contributed by atoms with Crippen LogP contribution in [0.25, 0.3) is 0 Å². The zero-order valence-electron chi connectivity index (χ0n) is 10.0. The Morgan fingerprint density at radius 2 is 1.89 bits per heavy atom. The van der Waals surface area contributed by atoms with E-state index in [0.717, 1.165) is 12.1 Å². The normalized spacial score (nSPS) is 15.2. The lowest BCUT2D eigenvalue weighted by molar-refractivity contribution is -0.145. The first kappa shape index (κ1) is 14.5. The molecule has 6 heteroatoms. The molecule has 3 nitrogen and oxygen atoms in total. The lowest BCUT2D eigenvalue weighted by Crippen LogP contribution is -2.46. The number of benzene rings is 1. The van der Waals surface area contributed by atoms with Crippen LogP contribution in [0.1, 0.15) is 25.0 Å². The lowest BCUT2D eigenvalue weighted by Gasteiger charge is -2.27. The number of rotatable bonds is 4. The number of nitrogens with one attached hydrogen (secondary N) is 1. The highest BCUT2D eigenvalue weighted by Crippen LogP contribution is 2.32. The summed E-state index contributed by atoms with van der Waals surface area (Å²) < 4.78 is 37.7. The van der Waals surface area contributed by atoms with Gasteiger partial charge in [-0.15, -0.1) is 0 Å². The first-order chi connectivity index (χ1) is 8.21. The Morgan fingerprint density at radius 1 is 1.33 bits per heavy atom. The molecule has 1 aromatic carbocycles. The zero-order valence-corrected chi connectivity index (χ0v) is 10.0. The summed E-state index contributed by atoms with van der Waals surface area (Å²) in [6.07, 6.45) is -4.48. The van der Waals surface area contributed by atoms with E-state index in [1.165, 1.54) is 19.1 Å². The van der Waals surface area contributed by atoms with Gasteiger partial charge in [-0.3, -0.25) is 5.32 Å². The summed E-state index contributed by atoms with van der Waals surface area (Å²) in [6, 6.07) is 4.34. The van der Waals surface area contributed by atoms with Crippen molar-refractivity contribution in [3.05, 3.63) is 35.4 Å². The number of carboxylic acid groups (broad SMARTS) is 1. The SMILES string of the molecule is CCN[C@](C)(C(=O)O)c1cccc(C(F)(F)F)c1. The third-order valence-corrected chi connectivity index (χ3v) is 2.73. The molecule has 0 fully saturated rings. The second-order valence-electron chi connectivity index (χ2n) is 4.04. The Labute approximate surface area is 103 Å². The minimum atomic E-state index is -4.48. The summed E-state index contributed by atoms with van der Waals surface area (Å²) in [7, 11) is 0. The largest absolute Gasteiger partial charge is 0.480 e. The molecule has 0 heterocycles. The van der Waals surface area contributed by atoms with Gasteiger partial charge in [-0.05, 0) is 31.2 Å². The Bertz CT molecular complexity index is 445. The van der Waals surface area contributed by atoms with Gasteiger partial charge in [0.2, 0.25) is 0 Å². The number of halogens is 3. The number of hydrogen-bond donors (Lipinski definition) is 2. The van der Waals surface area contributed by atoms with E-state index in [-0.39, 0.29) is 5.56 Å². The van der Waals surface area contributed by atoms with E-state index in [0.29, 0.717) is 6.54 Å². The molecule has 100 valence electrons. The third kappa shape index (κ3) is 2.81. The molecule has 2 N–H and O–H groups in total. The fraction of sp³-hybridized carbons (Fsp3) is 0.417. The summed E-state index contributed by atoms with van der Waals surface area (Å²) in [6.45, 7) is 3.36. The molecule has 0 saturated carbocycles. The maximum Gasteiger partial charge on any atom is 0.416 e. The van der Waals surface area contributed by atoms with Gasteiger partial charge in [-0.25, -0.2) is 4.79 Å². The molecular weight excluding hydrogens is 247 g/mol. The van der Waals surface area contributed by atoms with Gasteiger partial charge in [0, 0.05) is 0 Å². The van der Waals surface area contributed by atoms with Gasteiger partial charge in [0.25, 0.3) is 0 Å². The maximum atomic E-state index is 12.6. The number of aliphatic carboxylic acids is 1. The first-order valence-corrected chi connectivity index (χ1v) is 5.38. The van der Waals surface area contributed by atoms with E-state index >= 15 is 0 Å². The Morgan fingerprint density at radius 3 is 2.33 bits per heavy atom. The van der Waals surface area contributed by atoms with Crippen LogP contribution < -0.4 is 5.32 Å². The molecular formula is C12H14F3NO2. The van der Waals surface area contributed by atoms with E-state index in [9.17, 15) is 18.0 Å². The minimum absolute atomic E-state index is 0.0756. The van der Waals surface area contributed by atoms with Crippen LogP contribution in [0.5, 0.6) is 0 Å². The monoisotopic (exact) mass is 261 g/mol. The van der Waals surface area contributed by atoms with Gasteiger partial charge >= 0.3 is 12.1 Å². The summed E-state index contributed by atoms with van der Waals surface area (Å²) in [5.41, 5.74) is -2.31. The molecule has 1 rings (SSSR count). The van der Waals surface area contributed by atoms with Crippen molar-refractivity contribution in [2.75, 3.05) is 6.54 Å². The molecule has 1 atom stereocenters. The van der Waals surface area contributed by atoms with Crippen LogP contribution in [0.15, 0.2) is 24.3 Å². The van der Waals surface area contributed by atoms with Crippen LogP contribution in [0, 0.1) is 0 Å². The Balaban J connectivity index is 3.27. The van der Waals surface area contributed by atoms with Gasteiger partial charge in [0.1, 0.15) is 5.54 Å². The highest BCUT2D eigenvalue weighted by molar-refractivity contribution is 5.80. The molecule has 18 heavy (non-hydrogen) atoms. The van der Waals surface area contributed by atoms with E-state index in [2.05, 4.69) is 5.32 Å². The van der Waals surface area contributed by atoms with Crippen LogP contribution in [-0.4, -0.2) is 17.6 Å². The van der Waals surface area contributed by atoms with Gasteiger partial charge < -0.3 is 5.11 Å². The number of carbonyl (C=O) groups is 1. The van der Waals surface area contributed by atoms with Gasteiger partial charge in [0.15, 0.2) is 0 Å². The van der Waals surface area contributed by atoms with Crippen LogP contribution in [0.3, 0.4) is 0 Å². The molecule has 0 aromatic heterocycles. The maximum absolute atomic E-state index is 12.6. The van der Waals surface area contributed by atoms with Crippen LogP contribution in [-0.2, 0) is 16.5 Å². The van der Waals surface area contributed by atoms with Crippen molar-refractivity contribution in [1.82, 2.24) is 5.32 Å². The van der Waals surface area contributed by atoms with Crippen molar-refractivity contribution in [3.8, 4) is 0 Å². The predicted molar refractivity (Wildman–Crippen MR) is 60.1 cm³/mol. The average Bonchev–Trinajstić information content (AvgIpc) is 2.28. The fourth-order valence-corrected chi connectivity index (χ4v) is 1.66. The molecule has 0 aliphatic rings. The number of alkyl halides is 3. The number of carboxylic acids is 1. The molecule has 0 aliphatic heterocycles. The molecule has 0 saturated heterocycles. The van der Waals surface area contributed by atoms with Crippen molar-refractivity contribution in [2.24, 2.45) is 0 Å². The number of hydrogen-bond acceptors (Lipinski definition) is 2. The standard InChI is InChI=1S/C12H14F3NO2/c1-3-16-11(2,10(17)18)8-5-4-6-9(7-8)12(13,14)15/h4-7,16H,3H2,1-2H3,(H,17,18)/t11-/m0/s1. The average molecular weight is 261 g/mol. The van der Waals surface area contributed by atoms with E-state index in [1.807, 2.05) is 0 Å². The number of likely N-dealkylation sites (N-methyl/N-ethyl adjacent to an activating group) is 1. The topological polar surface area (TPSA) is 49.3 Å². The third-order valence-electron chi connectivity index (χ3n) is 2.73. The van der Waals surface area contributed by atoms with E-state index < -0.39 is 23.2 Å². The molecule has 0 spiro atoms. The lowest BCUT2D eigenvalue weighted by atomic mass is 9.90. The molecule has 1 aromatic rings. The fourth-order valence-electron chi connectivity index (χ4n) is 1.66. The van der Waals surface area contributed by atoms with Crippen molar-refractivity contribution >= 4 is 5.97 Å². The van der Waals surface area contributed by atoms with Crippen molar-refractivity contribution in [1.29, 1.82) is 0 Å². The first-order valence-electron chi connectivity index (χ1n) is 5.38. The van der Waals surface area contributed by atoms with Crippen molar-refractivity contribution in [2.45, 2.75) is 25.6 Å². The van der Waals surface area contributed by atoms with Gasteiger partial charge in [-0.1, -0.05) is 19.1 Å². The van der Waals surface area contributed by atoms with E-state index in [1.54, 1.807) is 6.92 Å². The van der Waals surface area contributed by atoms with E-state index in [4.69, 9.17) is 5.11 Å². The zero-order chi connectivity index (χ0) is 14.0. The van der Waals surface area contributed by atoms with Crippen LogP contribution in [0.4, 0.5) is 13.2 Å². The minimum Gasteiger partial charge on any atom is -0.480 e. The molecule has 0 bridgehead atoms. The van der Waals surface area contributed by atoms with Gasteiger partial charge in [-0.2, -0.15) is 13.2 Å². The summed E-state index contributed by atoms with van der Waals surface area (Å²) >= 11 is 0. The summed E-state index contributed by atoms with van der Waals surface area (Å²) in [4.78, 5) is 11.2. The molecule has 0 aliphatic carbocycles. The molecule has 0 radical (unpaired) electrons. The highest BCUT2D eigenvalue weighted by Gasteiger charge is 2.37. The molecule has 0 amide bonds. The van der Waals surface area contributed by atoms with Gasteiger partial charge in [0.05, 0.1) is 5.56 Å². The smallest absolute Gasteiger partial charge is 0.416 e. The Kier molecular flexibility index (Phi) is 4.01. The van der Waals surface area contributed by atoms with Crippen molar-refractivity contribution in [3.63, 3.8) is 0 Å². The summed E-state index contributed by atoms with van der Waals surface area (Å²) in [5.74, 6) is -1.22. The second kappa shape index (κ2) is 4.97. The van der Waals surface area contributed by atoms with Crippen LogP contribution in [0.2, 0.25) is 0 Å². The second-order valence-corrected chi connectivity index (χ2v) is 4.04. The quantitative estimate of drug-likeness (QED) is 0.876. The Hall–Kier alpha value is -1.56. The van der Waals surface area contributed by atoms with Crippen LogP contribution >= 0.6 is 0 Å². The van der Waals surface area contributed by atoms with Crippen molar-refractivity contribution < 1.29 is 23.1 Å². The predicted octanol–water partition coefficient (Wildman–Crippen LogP) is 2.61. The highest BCUT2D eigenvalue weighted by atomic mass is 19.4. The molecule has 0 unspecified atom stereocenters.